The van der Waals surface area contributed by atoms with Crippen molar-refractivity contribution in [3.63, 3.8) is 0 Å². The van der Waals surface area contributed by atoms with E-state index in [4.69, 9.17) is 4.74 Å². The number of hydrogen-bond acceptors (Lipinski definition) is 3. The molecule has 0 aromatic heterocycles. The van der Waals surface area contributed by atoms with E-state index < -0.39 is 0 Å². The Labute approximate surface area is 121 Å². The van der Waals surface area contributed by atoms with Crippen LogP contribution in [-0.2, 0) is 0 Å². The molecular weight excluding hydrogens is 252 g/mol. The lowest BCUT2D eigenvalue weighted by Gasteiger charge is -2.28. The molecule has 0 atom stereocenters. The number of amides is 1. The molecule has 1 aromatic rings. The van der Waals surface area contributed by atoms with Crippen molar-refractivity contribution in [2.24, 2.45) is 0 Å². The molecule has 0 bridgehead atoms. The van der Waals surface area contributed by atoms with Crippen molar-refractivity contribution < 1.29 is 9.53 Å². The maximum atomic E-state index is 12.3. The van der Waals surface area contributed by atoms with E-state index >= 15 is 0 Å². The minimum Gasteiger partial charge on any atom is -0.497 e. The molecule has 0 N–H and O–H groups in total. The second-order valence-electron chi connectivity index (χ2n) is 5.36. The third-order valence-electron chi connectivity index (χ3n) is 3.88. The fourth-order valence-corrected chi connectivity index (χ4v) is 2.53. The van der Waals surface area contributed by atoms with Gasteiger partial charge in [-0.3, -0.25) is 4.79 Å². The lowest BCUT2D eigenvalue weighted by atomic mass is 10.1. The highest BCUT2D eigenvalue weighted by Gasteiger charge is 2.14. The van der Waals surface area contributed by atoms with Crippen LogP contribution in [0.15, 0.2) is 24.3 Å². The molecule has 4 heteroatoms. The molecular formula is C16H24N2O2. The van der Waals surface area contributed by atoms with Gasteiger partial charge in [0.1, 0.15) is 5.75 Å². The second-order valence-corrected chi connectivity index (χ2v) is 5.36. The molecule has 0 saturated carbocycles. The summed E-state index contributed by atoms with van der Waals surface area (Å²) < 4.78 is 5.10. The summed E-state index contributed by atoms with van der Waals surface area (Å²) in [5, 5.41) is 0. The van der Waals surface area contributed by atoms with E-state index in [1.54, 1.807) is 12.0 Å². The Balaban J connectivity index is 1.83. The molecule has 1 heterocycles. The zero-order chi connectivity index (χ0) is 14.4. The highest BCUT2D eigenvalue weighted by Crippen LogP contribution is 2.13. The average molecular weight is 276 g/mol. The van der Waals surface area contributed by atoms with Crippen LogP contribution in [0.25, 0.3) is 0 Å². The maximum Gasteiger partial charge on any atom is 0.253 e. The van der Waals surface area contributed by atoms with Crippen LogP contribution in [0.1, 0.15) is 29.6 Å². The maximum absolute atomic E-state index is 12.3. The number of nitrogens with zero attached hydrogens (tertiary/aromatic N) is 2. The van der Waals surface area contributed by atoms with Gasteiger partial charge in [-0.1, -0.05) is 6.42 Å². The summed E-state index contributed by atoms with van der Waals surface area (Å²) in [7, 11) is 3.50. The van der Waals surface area contributed by atoms with E-state index in [9.17, 15) is 4.79 Å². The summed E-state index contributed by atoms with van der Waals surface area (Å²) in [5.41, 5.74) is 0.715. The molecule has 110 valence electrons. The van der Waals surface area contributed by atoms with Gasteiger partial charge in [0, 0.05) is 25.7 Å². The number of rotatable bonds is 5. The van der Waals surface area contributed by atoms with E-state index in [2.05, 4.69) is 4.90 Å². The predicted molar refractivity (Wildman–Crippen MR) is 80.2 cm³/mol. The van der Waals surface area contributed by atoms with E-state index in [1.807, 2.05) is 31.3 Å². The minimum absolute atomic E-state index is 0.0738. The minimum atomic E-state index is 0.0738. The van der Waals surface area contributed by atoms with Crippen molar-refractivity contribution in [3.8, 4) is 5.75 Å². The number of benzene rings is 1. The van der Waals surface area contributed by atoms with E-state index in [0.717, 1.165) is 18.8 Å². The molecule has 0 radical (unpaired) electrons. The number of likely N-dealkylation sites (N-methyl/N-ethyl adjacent to an activating group) is 1. The molecule has 0 aliphatic carbocycles. The Kier molecular flexibility index (Phi) is 5.41. The predicted octanol–water partition coefficient (Wildman–Crippen LogP) is 2.25. The van der Waals surface area contributed by atoms with Gasteiger partial charge in [0.2, 0.25) is 0 Å². The fourth-order valence-electron chi connectivity index (χ4n) is 2.53. The fraction of sp³-hybridized carbons (Fsp3) is 0.562. The quantitative estimate of drug-likeness (QED) is 0.827. The summed E-state index contributed by atoms with van der Waals surface area (Å²) in [5.74, 6) is 0.849. The van der Waals surface area contributed by atoms with Gasteiger partial charge in [-0.2, -0.15) is 0 Å². The molecule has 1 saturated heterocycles. The van der Waals surface area contributed by atoms with E-state index in [-0.39, 0.29) is 5.91 Å². The van der Waals surface area contributed by atoms with E-state index in [0.29, 0.717) is 5.56 Å². The number of ether oxygens (including phenoxy) is 1. The van der Waals surface area contributed by atoms with Crippen LogP contribution in [0.4, 0.5) is 0 Å². The first-order valence-electron chi connectivity index (χ1n) is 7.32. The van der Waals surface area contributed by atoms with Crippen LogP contribution in [0.3, 0.4) is 0 Å². The number of methoxy groups -OCH3 is 1. The number of carbonyl (C=O) groups is 1. The zero-order valence-electron chi connectivity index (χ0n) is 12.5. The Hall–Kier alpha value is -1.55. The van der Waals surface area contributed by atoms with Gasteiger partial charge < -0.3 is 14.5 Å². The average Bonchev–Trinajstić information content (AvgIpc) is 2.53. The van der Waals surface area contributed by atoms with E-state index in [1.165, 1.54) is 32.4 Å². The summed E-state index contributed by atoms with van der Waals surface area (Å²) in [6.45, 7) is 4.10. The summed E-state index contributed by atoms with van der Waals surface area (Å²) in [4.78, 5) is 16.5. The Morgan fingerprint density at radius 3 is 2.45 bits per heavy atom. The SMILES string of the molecule is COc1ccc(C(=O)N(C)CCN2CCCCC2)cc1. The van der Waals surface area contributed by atoms with Gasteiger partial charge in [-0.15, -0.1) is 0 Å². The van der Waals surface area contributed by atoms with Crippen molar-refractivity contribution in [3.05, 3.63) is 29.8 Å². The van der Waals surface area contributed by atoms with Crippen molar-refractivity contribution in [1.29, 1.82) is 0 Å². The molecule has 2 rings (SSSR count). The van der Waals surface area contributed by atoms with Crippen LogP contribution >= 0.6 is 0 Å². The molecule has 1 amide bonds. The first kappa shape index (κ1) is 14.9. The Morgan fingerprint density at radius 1 is 1.20 bits per heavy atom. The normalized spacial score (nSPS) is 15.9. The Morgan fingerprint density at radius 2 is 1.85 bits per heavy atom. The van der Waals surface area contributed by atoms with Crippen LogP contribution in [0.2, 0.25) is 0 Å². The lowest BCUT2D eigenvalue weighted by Crippen LogP contribution is -2.38. The standard InChI is InChI=1S/C16H24N2O2/c1-17(12-13-18-10-4-3-5-11-18)16(19)14-6-8-15(20-2)9-7-14/h6-9H,3-5,10-13H2,1-2H3. The topological polar surface area (TPSA) is 32.8 Å². The summed E-state index contributed by atoms with van der Waals surface area (Å²) >= 11 is 0. The van der Waals surface area contributed by atoms with Gasteiger partial charge in [0.15, 0.2) is 0 Å². The largest absolute Gasteiger partial charge is 0.497 e. The van der Waals surface area contributed by atoms with Gasteiger partial charge >= 0.3 is 0 Å². The van der Waals surface area contributed by atoms with Crippen LogP contribution in [0, 0.1) is 0 Å². The molecule has 0 spiro atoms. The van der Waals surface area contributed by atoms with Crippen molar-refractivity contribution in [1.82, 2.24) is 9.80 Å². The first-order chi connectivity index (χ1) is 9.70. The third kappa shape index (κ3) is 3.97. The molecule has 1 fully saturated rings. The van der Waals surface area contributed by atoms with Crippen molar-refractivity contribution in [2.45, 2.75) is 19.3 Å². The van der Waals surface area contributed by atoms with Crippen molar-refractivity contribution >= 4 is 5.91 Å². The third-order valence-corrected chi connectivity index (χ3v) is 3.88. The first-order valence-corrected chi connectivity index (χ1v) is 7.32. The lowest BCUT2D eigenvalue weighted by molar-refractivity contribution is 0.0773. The van der Waals surface area contributed by atoms with Gasteiger partial charge in [-0.05, 0) is 50.2 Å². The smallest absolute Gasteiger partial charge is 0.253 e. The number of carbonyl (C=O) groups excluding carboxylic acids is 1. The highest BCUT2D eigenvalue weighted by molar-refractivity contribution is 5.94. The van der Waals surface area contributed by atoms with Gasteiger partial charge in [-0.25, -0.2) is 0 Å². The number of likely N-dealkylation sites (tertiary alicyclic amines) is 1. The van der Waals surface area contributed by atoms with Crippen LogP contribution < -0.4 is 4.74 Å². The monoisotopic (exact) mass is 276 g/mol. The zero-order valence-corrected chi connectivity index (χ0v) is 12.5. The molecule has 4 nitrogen and oxygen atoms in total. The number of hydrogen-bond donors (Lipinski definition) is 0. The number of piperidine rings is 1. The molecule has 1 aromatic carbocycles. The highest BCUT2D eigenvalue weighted by atomic mass is 16.5. The Bertz CT molecular complexity index is 425. The summed E-state index contributed by atoms with van der Waals surface area (Å²) in [6.07, 6.45) is 3.92. The summed E-state index contributed by atoms with van der Waals surface area (Å²) in [6, 6.07) is 7.29. The molecule has 1 aliphatic heterocycles. The van der Waals surface area contributed by atoms with Crippen LogP contribution in [-0.4, -0.2) is 56.0 Å². The molecule has 1 aliphatic rings. The van der Waals surface area contributed by atoms with Gasteiger partial charge in [0.05, 0.1) is 7.11 Å². The molecule has 20 heavy (non-hydrogen) atoms. The van der Waals surface area contributed by atoms with Crippen LogP contribution in [0.5, 0.6) is 5.75 Å². The molecule has 0 unspecified atom stereocenters. The van der Waals surface area contributed by atoms with Crippen molar-refractivity contribution in [2.75, 3.05) is 40.3 Å². The van der Waals surface area contributed by atoms with Gasteiger partial charge in [0.25, 0.3) is 5.91 Å². The second kappa shape index (κ2) is 7.29.